The van der Waals surface area contributed by atoms with Gasteiger partial charge in [0, 0.05) is 32.5 Å². The predicted octanol–water partition coefficient (Wildman–Crippen LogP) is 7.55. The van der Waals surface area contributed by atoms with Gasteiger partial charge in [-0.05, 0) is 53.6 Å². The Morgan fingerprint density at radius 1 is 0.767 bits per heavy atom. The van der Waals surface area contributed by atoms with Crippen molar-refractivity contribution in [1.82, 2.24) is 0 Å². The normalized spacial score (nSPS) is 10.6. The monoisotopic (exact) mass is 429 g/mol. The number of halogens is 1. The molecule has 0 aromatic heterocycles. The largest absolute Gasteiger partial charge is 0.321 e. The topological polar surface area (TPSA) is 29.1 Å². The SMILES string of the molecule is O=C(Nc1ccccc1-c1ccccc1)c1ccc(CSc2ccc(Cl)cc2)cc1. The molecule has 0 spiro atoms. The lowest BCUT2D eigenvalue weighted by Gasteiger charge is -2.11. The van der Waals surface area contributed by atoms with Gasteiger partial charge in [0.25, 0.3) is 5.91 Å². The van der Waals surface area contributed by atoms with Gasteiger partial charge in [-0.1, -0.05) is 72.3 Å². The highest BCUT2D eigenvalue weighted by molar-refractivity contribution is 7.98. The van der Waals surface area contributed by atoms with Crippen molar-refractivity contribution in [2.75, 3.05) is 5.32 Å². The maximum atomic E-state index is 12.8. The molecule has 0 aliphatic rings. The zero-order valence-corrected chi connectivity index (χ0v) is 17.8. The maximum absolute atomic E-state index is 12.8. The van der Waals surface area contributed by atoms with Crippen LogP contribution in [0.1, 0.15) is 15.9 Å². The minimum atomic E-state index is -0.115. The number of thioether (sulfide) groups is 1. The smallest absolute Gasteiger partial charge is 0.255 e. The van der Waals surface area contributed by atoms with Crippen LogP contribution in [0.25, 0.3) is 11.1 Å². The molecule has 4 aromatic carbocycles. The van der Waals surface area contributed by atoms with E-state index in [1.807, 2.05) is 103 Å². The molecule has 148 valence electrons. The summed E-state index contributed by atoms with van der Waals surface area (Å²) in [4.78, 5) is 14.0. The molecule has 2 nitrogen and oxygen atoms in total. The molecule has 0 heterocycles. The van der Waals surface area contributed by atoms with Crippen LogP contribution in [-0.2, 0) is 5.75 Å². The number of para-hydroxylation sites is 1. The van der Waals surface area contributed by atoms with Crippen molar-refractivity contribution in [3.05, 3.63) is 119 Å². The van der Waals surface area contributed by atoms with Gasteiger partial charge < -0.3 is 5.32 Å². The van der Waals surface area contributed by atoms with Crippen LogP contribution in [0.4, 0.5) is 5.69 Å². The molecule has 1 N–H and O–H groups in total. The Morgan fingerprint density at radius 2 is 1.43 bits per heavy atom. The molecule has 0 aliphatic carbocycles. The standard InChI is InChI=1S/C26H20ClNOS/c27-22-14-16-23(17-15-22)30-18-19-10-12-21(13-11-19)26(29)28-25-9-5-4-8-24(25)20-6-2-1-3-7-20/h1-17H,18H2,(H,28,29). The first-order valence-corrected chi connectivity index (χ1v) is 11.0. The minimum Gasteiger partial charge on any atom is -0.321 e. The van der Waals surface area contributed by atoms with E-state index in [9.17, 15) is 4.79 Å². The van der Waals surface area contributed by atoms with Gasteiger partial charge in [0.05, 0.1) is 0 Å². The van der Waals surface area contributed by atoms with E-state index >= 15 is 0 Å². The Hall–Kier alpha value is -3.01. The lowest BCUT2D eigenvalue weighted by Crippen LogP contribution is -2.12. The van der Waals surface area contributed by atoms with Crippen molar-refractivity contribution < 1.29 is 4.79 Å². The summed E-state index contributed by atoms with van der Waals surface area (Å²) in [5.74, 6) is 0.718. The molecule has 4 aromatic rings. The van der Waals surface area contributed by atoms with Crippen molar-refractivity contribution in [3.8, 4) is 11.1 Å². The third-order valence-corrected chi connectivity index (χ3v) is 6.03. The van der Waals surface area contributed by atoms with Crippen LogP contribution in [0.2, 0.25) is 5.02 Å². The summed E-state index contributed by atoms with van der Waals surface area (Å²) < 4.78 is 0. The van der Waals surface area contributed by atoms with E-state index in [4.69, 9.17) is 11.6 Å². The molecule has 0 radical (unpaired) electrons. The van der Waals surface area contributed by atoms with E-state index in [0.29, 0.717) is 5.56 Å². The summed E-state index contributed by atoms with van der Waals surface area (Å²) in [5.41, 5.74) is 4.68. The number of hydrogen-bond acceptors (Lipinski definition) is 2. The number of nitrogens with one attached hydrogen (secondary N) is 1. The molecule has 1 amide bonds. The first-order valence-electron chi connectivity index (χ1n) is 9.62. The fraction of sp³-hybridized carbons (Fsp3) is 0.0385. The second-order valence-corrected chi connectivity index (χ2v) is 8.29. The van der Waals surface area contributed by atoms with Crippen molar-refractivity contribution in [3.63, 3.8) is 0 Å². The van der Waals surface area contributed by atoms with E-state index < -0.39 is 0 Å². The molecule has 0 bridgehead atoms. The number of anilines is 1. The van der Waals surface area contributed by atoms with E-state index in [-0.39, 0.29) is 5.91 Å². The predicted molar refractivity (Wildman–Crippen MR) is 127 cm³/mol. The molecule has 0 aliphatic heterocycles. The number of carbonyl (C=O) groups is 1. The number of amides is 1. The zero-order chi connectivity index (χ0) is 20.8. The van der Waals surface area contributed by atoms with E-state index in [2.05, 4.69) is 5.32 Å². The summed E-state index contributed by atoms with van der Waals surface area (Å²) >= 11 is 7.67. The van der Waals surface area contributed by atoms with E-state index in [1.54, 1.807) is 11.8 Å². The molecule has 30 heavy (non-hydrogen) atoms. The summed E-state index contributed by atoms with van der Waals surface area (Å²) in [6.07, 6.45) is 0. The van der Waals surface area contributed by atoms with E-state index in [0.717, 1.165) is 33.2 Å². The molecule has 4 rings (SSSR count). The number of benzene rings is 4. The van der Waals surface area contributed by atoms with Gasteiger partial charge in [0.1, 0.15) is 0 Å². The third-order valence-electron chi connectivity index (χ3n) is 4.70. The van der Waals surface area contributed by atoms with Crippen LogP contribution in [0, 0.1) is 0 Å². The molecule has 0 saturated carbocycles. The third kappa shape index (κ3) is 5.12. The second kappa shape index (κ2) is 9.66. The summed E-state index contributed by atoms with van der Waals surface area (Å²) in [6.45, 7) is 0. The first kappa shape index (κ1) is 20.3. The summed E-state index contributed by atoms with van der Waals surface area (Å²) in [7, 11) is 0. The average molecular weight is 430 g/mol. The minimum absolute atomic E-state index is 0.115. The highest BCUT2D eigenvalue weighted by atomic mass is 35.5. The van der Waals surface area contributed by atoms with Crippen LogP contribution >= 0.6 is 23.4 Å². The van der Waals surface area contributed by atoms with Crippen LogP contribution in [0.3, 0.4) is 0 Å². The second-order valence-electron chi connectivity index (χ2n) is 6.81. The average Bonchev–Trinajstić information content (AvgIpc) is 2.80. The summed E-state index contributed by atoms with van der Waals surface area (Å²) in [6, 6.07) is 33.5. The van der Waals surface area contributed by atoms with Crippen molar-refractivity contribution in [2.45, 2.75) is 10.6 Å². The van der Waals surface area contributed by atoms with Crippen molar-refractivity contribution >= 4 is 35.0 Å². The quantitative estimate of drug-likeness (QED) is 0.320. The Balaban J connectivity index is 1.43. The lowest BCUT2D eigenvalue weighted by atomic mass is 10.0. The number of hydrogen-bond donors (Lipinski definition) is 1. The van der Waals surface area contributed by atoms with Crippen molar-refractivity contribution in [2.24, 2.45) is 0 Å². The maximum Gasteiger partial charge on any atom is 0.255 e. The van der Waals surface area contributed by atoms with Gasteiger partial charge >= 0.3 is 0 Å². The zero-order valence-electron chi connectivity index (χ0n) is 16.2. The fourth-order valence-corrected chi connectivity index (χ4v) is 4.09. The van der Waals surface area contributed by atoms with E-state index in [1.165, 1.54) is 4.90 Å². The lowest BCUT2D eigenvalue weighted by molar-refractivity contribution is 0.102. The molecular weight excluding hydrogens is 410 g/mol. The molecule has 0 saturated heterocycles. The van der Waals surface area contributed by atoms with Crippen LogP contribution in [0.5, 0.6) is 0 Å². The van der Waals surface area contributed by atoms with Crippen molar-refractivity contribution in [1.29, 1.82) is 0 Å². The molecular formula is C26H20ClNOS. The van der Waals surface area contributed by atoms with Gasteiger partial charge in [-0.2, -0.15) is 0 Å². The van der Waals surface area contributed by atoms with Gasteiger partial charge in [0.2, 0.25) is 0 Å². The Bertz CT molecular complexity index is 1130. The highest BCUT2D eigenvalue weighted by Crippen LogP contribution is 2.28. The highest BCUT2D eigenvalue weighted by Gasteiger charge is 2.10. The van der Waals surface area contributed by atoms with Crippen LogP contribution < -0.4 is 5.32 Å². The fourth-order valence-electron chi connectivity index (χ4n) is 3.11. The molecule has 4 heteroatoms. The Labute approximate surface area is 185 Å². The molecule has 0 fully saturated rings. The van der Waals surface area contributed by atoms with Gasteiger partial charge in [0.15, 0.2) is 0 Å². The Kier molecular flexibility index (Phi) is 6.53. The number of carbonyl (C=O) groups excluding carboxylic acids is 1. The molecule has 0 atom stereocenters. The van der Waals surface area contributed by atoms with Gasteiger partial charge in [-0.15, -0.1) is 11.8 Å². The molecule has 0 unspecified atom stereocenters. The number of rotatable bonds is 6. The van der Waals surface area contributed by atoms with Crippen LogP contribution in [0.15, 0.2) is 108 Å². The van der Waals surface area contributed by atoms with Crippen LogP contribution in [-0.4, -0.2) is 5.91 Å². The first-order chi connectivity index (χ1) is 14.7. The Morgan fingerprint density at radius 3 is 2.17 bits per heavy atom. The van der Waals surface area contributed by atoms with Gasteiger partial charge in [-0.25, -0.2) is 0 Å². The van der Waals surface area contributed by atoms with Gasteiger partial charge in [-0.3, -0.25) is 4.79 Å². The summed E-state index contributed by atoms with van der Waals surface area (Å²) in [5, 5.41) is 3.79.